The number of para-hydroxylation sites is 1. The van der Waals surface area contributed by atoms with Gasteiger partial charge in [0.1, 0.15) is 11.2 Å². The molecule has 349 valence electrons. The van der Waals surface area contributed by atoms with Gasteiger partial charge in [0.05, 0.1) is 17.0 Å². The molecule has 0 spiro atoms. The number of furan rings is 2. The predicted molar refractivity (Wildman–Crippen MR) is 304 cm³/mol. The van der Waals surface area contributed by atoms with Crippen molar-refractivity contribution in [1.29, 1.82) is 0 Å². The molecule has 0 fully saturated rings. The highest BCUT2D eigenvalue weighted by Gasteiger charge is 2.43. The van der Waals surface area contributed by atoms with Crippen LogP contribution in [0.25, 0.3) is 75.0 Å². The number of nitrogens with zero attached hydrogens (tertiary/aromatic N) is 1. The van der Waals surface area contributed by atoms with Crippen molar-refractivity contribution in [3.8, 4) is 11.1 Å². The highest BCUT2D eigenvalue weighted by molar-refractivity contribution is 7.26. The van der Waals surface area contributed by atoms with Gasteiger partial charge in [0.15, 0.2) is 5.58 Å². The van der Waals surface area contributed by atoms with Crippen LogP contribution >= 0.6 is 11.3 Å². The van der Waals surface area contributed by atoms with Gasteiger partial charge in [-0.3, -0.25) is 0 Å². The van der Waals surface area contributed by atoms with E-state index in [9.17, 15) is 0 Å². The lowest BCUT2D eigenvalue weighted by Gasteiger charge is -2.43. The Kier molecular flexibility index (Phi) is 8.90. The summed E-state index contributed by atoms with van der Waals surface area (Å²) in [6.45, 7) is 21.7. The summed E-state index contributed by atoms with van der Waals surface area (Å²) < 4.78 is 17.1. The average Bonchev–Trinajstić information content (AvgIpc) is 4.05. The molecule has 0 bridgehead atoms. The maximum atomic E-state index is 7.35. The summed E-state index contributed by atoms with van der Waals surface area (Å²) in [6, 6.07) is 49.9. The third-order valence-electron chi connectivity index (χ3n) is 17.3. The van der Waals surface area contributed by atoms with Crippen molar-refractivity contribution in [2.24, 2.45) is 0 Å². The van der Waals surface area contributed by atoms with Crippen molar-refractivity contribution >= 4 is 122 Å². The van der Waals surface area contributed by atoms with Gasteiger partial charge in [-0.2, -0.15) is 0 Å². The summed E-state index contributed by atoms with van der Waals surface area (Å²) in [5, 5.41) is 12.3. The second kappa shape index (κ2) is 14.7. The Hall–Kier alpha value is -6.76. The van der Waals surface area contributed by atoms with E-state index in [1.165, 1.54) is 58.8 Å². The van der Waals surface area contributed by atoms with E-state index in [0.717, 1.165) is 109 Å². The zero-order valence-corrected chi connectivity index (χ0v) is 43.1. The van der Waals surface area contributed by atoms with E-state index in [1.54, 1.807) is 0 Å². The highest BCUT2D eigenvalue weighted by atomic mass is 32.1. The molecule has 0 unspecified atom stereocenters. The molecule has 8 aromatic carbocycles. The van der Waals surface area contributed by atoms with Gasteiger partial charge in [-0.05, 0) is 165 Å². The van der Waals surface area contributed by atoms with Crippen LogP contribution in [-0.2, 0) is 21.7 Å². The molecule has 6 heteroatoms. The third kappa shape index (κ3) is 6.29. The van der Waals surface area contributed by atoms with Gasteiger partial charge in [0.2, 0.25) is 7.28 Å². The maximum Gasteiger partial charge on any atom is 0.247 e. The van der Waals surface area contributed by atoms with Crippen LogP contribution in [0.1, 0.15) is 109 Å². The molecular weight excluding hydrogens is 884 g/mol. The van der Waals surface area contributed by atoms with E-state index >= 15 is 0 Å². The molecule has 14 rings (SSSR count). The van der Waals surface area contributed by atoms with Crippen LogP contribution in [-0.4, -0.2) is 7.28 Å². The second-order valence-corrected chi connectivity index (χ2v) is 24.8. The van der Waals surface area contributed by atoms with Crippen LogP contribution in [0.3, 0.4) is 0 Å². The Morgan fingerprint density at radius 3 is 1.87 bits per heavy atom. The average molecular weight is 942 g/mol. The van der Waals surface area contributed by atoms with Crippen molar-refractivity contribution in [2.75, 3.05) is 10.2 Å². The number of nitrogens with one attached hydrogen (secondary N) is 1. The minimum atomic E-state index is -0.00709. The molecule has 0 saturated heterocycles. The Morgan fingerprint density at radius 2 is 1.13 bits per heavy atom. The SMILES string of the molecule is Cc1cc2c(cc1N1c3c(oc4cc5c(cc34)C(C)(C)CCC5(C)C)[B]c3c(-c4cc5ccccc5cc4Nc4cccc5sc6ccccc6c45)cc4c(oc5ccccc54)c31)C(C)(C)CCC2(C)C. The second-order valence-electron chi connectivity index (χ2n) is 23.7. The van der Waals surface area contributed by atoms with E-state index in [4.69, 9.17) is 8.83 Å². The minimum absolute atomic E-state index is 0.00709. The number of rotatable bonds is 4. The van der Waals surface area contributed by atoms with Crippen LogP contribution in [0.15, 0.2) is 142 Å². The molecule has 0 atom stereocenters. The fourth-order valence-electron chi connectivity index (χ4n) is 13.0. The van der Waals surface area contributed by atoms with E-state index in [2.05, 4.69) is 213 Å². The van der Waals surface area contributed by atoms with Crippen molar-refractivity contribution in [1.82, 2.24) is 0 Å². The van der Waals surface area contributed by atoms with Gasteiger partial charge in [0, 0.05) is 59.0 Å². The Balaban J connectivity index is 1.11. The molecular formula is C65H58BN2O2S. The molecule has 4 nitrogen and oxygen atoms in total. The van der Waals surface area contributed by atoms with Gasteiger partial charge < -0.3 is 19.1 Å². The summed E-state index contributed by atoms with van der Waals surface area (Å²) in [5.74, 6) is 0. The molecule has 1 N–H and O–H groups in total. The fraction of sp³-hybridized carbons (Fsp3) is 0.262. The van der Waals surface area contributed by atoms with Gasteiger partial charge in [-0.25, -0.2) is 0 Å². The summed E-state index contributed by atoms with van der Waals surface area (Å²) in [6.07, 6.45) is 4.55. The fourth-order valence-corrected chi connectivity index (χ4v) is 14.1. The first kappa shape index (κ1) is 43.1. The number of benzene rings is 8. The zero-order chi connectivity index (χ0) is 48.5. The lowest BCUT2D eigenvalue weighted by atomic mass is 9.60. The summed E-state index contributed by atoms with van der Waals surface area (Å²) in [4.78, 5) is 2.57. The summed E-state index contributed by atoms with van der Waals surface area (Å²) in [5.41, 5.74) is 19.3. The van der Waals surface area contributed by atoms with Gasteiger partial charge in [-0.1, -0.05) is 128 Å². The molecule has 0 saturated carbocycles. The van der Waals surface area contributed by atoms with E-state index < -0.39 is 0 Å². The van der Waals surface area contributed by atoms with E-state index in [-0.39, 0.29) is 21.7 Å². The van der Waals surface area contributed by atoms with Crippen LogP contribution in [0.5, 0.6) is 0 Å². The number of fused-ring (bicyclic) bond motifs is 14. The molecule has 11 aromatic rings. The van der Waals surface area contributed by atoms with Crippen molar-refractivity contribution < 1.29 is 8.83 Å². The van der Waals surface area contributed by atoms with Crippen LogP contribution in [0, 0.1) is 6.92 Å². The lowest BCUT2D eigenvalue weighted by Crippen LogP contribution is -2.40. The van der Waals surface area contributed by atoms with Gasteiger partial charge in [-0.15, -0.1) is 11.3 Å². The van der Waals surface area contributed by atoms with E-state index in [0.29, 0.717) is 0 Å². The molecule has 2 aliphatic carbocycles. The largest absolute Gasteiger partial charge is 0.469 e. The first-order chi connectivity index (χ1) is 34.0. The number of hydrogen-bond acceptors (Lipinski definition) is 5. The number of thiophene rings is 1. The molecule has 1 aliphatic heterocycles. The zero-order valence-electron chi connectivity index (χ0n) is 42.3. The lowest BCUT2D eigenvalue weighted by molar-refractivity contribution is 0.332. The number of anilines is 5. The van der Waals surface area contributed by atoms with Crippen LogP contribution in [0.2, 0.25) is 0 Å². The Bertz CT molecular complexity index is 4100. The third-order valence-corrected chi connectivity index (χ3v) is 18.5. The molecule has 71 heavy (non-hydrogen) atoms. The minimum Gasteiger partial charge on any atom is -0.469 e. The van der Waals surface area contributed by atoms with Gasteiger partial charge in [0.25, 0.3) is 0 Å². The molecule has 1 radical (unpaired) electrons. The standard InChI is InChI=1S/C65H58BN2O2S/c1-36-29-45-47(64(6,7)27-25-62(45,2)3)34-51(36)68-58-44-33-46-48(65(8,9)28-26-63(46,4)5)35-53(44)70-61(58)66-57-42(32-43-39-19-12-14-22-52(39)69-60(43)59(57)68)41-30-37-17-10-11-18-38(37)31-50(41)67-49-21-16-24-55-56(49)40-20-13-15-23-54(40)71-55/h10-24,29-35,67H,25-28H2,1-9H3. The first-order valence-corrected chi connectivity index (χ1v) is 26.5. The maximum absolute atomic E-state index is 7.35. The Labute approximate surface area is 420 Å². The smallest absolute Gasteiger partial charge is 0.247 e. The molecule has 3 aliphatic rings. The normalized spacial score (nSPS) is 17.4. The molecule has 4 heterocycles. The van der Waals surface area contributed by atoms with Gasteiger partial charge >= 0.3 is 0 Å². The van der Waals surface area contributed by atoms with Crippen molar-refractivity contribution in [3.05, 3.63) is 161 Å². The summed E-state index contributed by atoms with van der Waals surface area (Å²) in [7, 11) is 2.34. The number of aryl methyl sites for hydroxylation is 1. The van der Waals surface area contributed by atoms with Crippen LogP contribution in [0.4, 0.5) is 28.4 Å². The monoisotopic (exact) mass is 941 g/mol. The quantitative estimate of drug-likeness (QED) is 0.179. The van der Waals surface area contributed by atoms with Crippen molar-refractivity contribution in [2.45, 2.75) is 110 Å². The highest BCUT2D eigenvalue weighted by Crippen LogP contribution is 2.55. The predicted octanol–water partition coefficient (Wildman–Crippen LogP) is 17.7. The molecule has 0 amide bonds. The number of hydrogen-bond donors (Lipinski definition) is 1. The summed E-state index contributed by atoms with van der Waals surface area (Å²) >= 11 is 1.85. The van der Waals surface area contributed by atoms with Crippen LogP contribution < -0.4 is 21.3 Å². The first-order valence-electron chi connectivity index (χ1n) is 25.7. The van der Waals surface area contributed by atoms with Crippen molar-refractivity contribution in [3.63, 3.8) is 0 Å². The van der Waals surface area contributed by atoms with E-state index in [1.807, 2.05) is 11.3 Å². The topological polar surface area (TPSA) is 41.6 Å². The Morgan fingerprint density at radius 1 is 0.507 bits per heavy atom. The molecule has 3 aromatic heterocycles.